The van der Waals surface area contributed by atoms with Crippen molar-refractivity contribution >= 4 is 5.82 Å². The summed E-state index contributed by atoms with van der Waals surface area (Å²) in [7, 11) is 0. The summed E-state index contributed by atoms with van der Waals surface area (Å²) in [6.07, 6.45) is 7.15. The van der Waals surface area contributed by atoms with Crippen molar-refractivity contribution < 1.29 is 0 Å². The van der Waals surface area contributed by atoms with Gasteiger partial charge in [0.15, 0.2) is 0 Å². The molecule has 0 unspecified atom stereocenters. The summed E-state index contributed by atoms with van der Waals surface area (Å²) in [5, 5.41) is 0. The molecule has 0 amide bonds. The lowest BCUT2D eigenvalue weighted by atomic mass is 9.87. The zero-order valence-electron chi connectivity index (χ0n) is 11.2. The van der Waals surface area contributed by atoms with Crippen LogP contribution < -0.4 is 4.90 Å². The highest BCUT2D eigenvalue weighted by atomic mass is 15.2. The van der Waals surface area contributed by atoms with Crippen molar-refractivity contribution in [2.75, 3.05) is 18.0 Å². The zero-order valence-corrected chi connectivity index (χ0v) is 11.2. The Kier molecular flexibility index (Phi) is 3.97. The molecule has 0 saturated carbocycles. The van der Waals surface area contributed by atoms with Crippen molar-refractivity contribution in [2.24, 2.45) is 11.8 Å². The normalized spacial score (nSPS) is 17.8. The van der Waals surface area contributed by atoms with Gasteiger partial charge in [-0.15, -0.1) is 0 Å². The number of aromatic nitrogens is 2. The van der Waals surface area contributed by atoms with Crippen LogP contribution in [0.3, 0.4) is 0 Å². The van der Waals surface area contributed by atoms with Gasteiger partial charge in [0.2, 0.25) is 0 Å². The van der Waals surface area contributed by atoms with Crippen LogP contribution in [0, 0.1) is 11.8 Å². The van der Waals surface area contributed by atoms with Gasteiger partial charge < -0.3 is 4.90 Å². The van der Waals surface area contributed by atoms with Crippen LogP contribution in [0.15, 0.2) is 12.4 Å². The Hall–Kier alpha value is -1.12. The number of anilines is 1. The summed E-state index contributed by atoms with van der Waals surface area (Å²) in [5.41, 5.74) is 1.13. The summed E-state index contributed by atoms with van der Waals surface area (Å²) in [5.74, 6) is 2.80. The van der Waals surface area contributed by atoms with Gasteiger partial charge in [-0.3, -0.25) is 4.98 Å². The molecule has 0 aliphatic carbocycles. The van der Waals surface area contributed by atoms with E-state index >= 15 is 0 Å². The van der Waals surface area contributed by atoms with Crippen LogP contribution in [0.1, 0.15) is 39.3 Å². The molecule has 17 heavy (non-hydrogen) atoms. The summed E-state index contributed by atoms with van der Waals surface area (Å²) >= 11 is 0. The fraction of sp³-hybridized carbons (Fsp3) is 0.714. The van der Waals surface area contributed by atoms with E-state index in [0.29, 0.717) is 0 Å². The minimum atomic E-state index is 0.810. The number of hydrogen-bond donors (Lipinski definition) is 0. The minimum absolute atomic E-state index is 0.810. The molecule has 0 radical (unpaired) electrons. The second-order valence-corrected chi connectivity index (χ2v) is 5.25. The van der Waals surface area contributed by atoms with E-state index in [0.717, 1.165) is 42.9 Å². The number of aryl methyl sites for hydroxylation is 1. The van der Waals surface area contributed by atoms with Gasteiger partial charge in [-0.2, -0.15) is 0 Å². The Bertz CT molecular complexity index is 354. The molecule has 1 aliphatic heterocycles. The fourth-order valence-corrected chi connectivity index (χ4v) is 2.65. The quantitative estimate of drug-likeness (QED) is 0.804. The van der Waals surface area contributed by atoms with Crippen molar-refractivity contribution in [3.8, 4) is 0 Å². The Morgan fingerprint density at radius 1 is 1.24 bits per heavy atom. The van der Waals surface area contributed by atoms with Crippen molar-refractivity contribution in [3.05, 3.63) is 18.1 Å². The van der Waals surface area contributed by atoms with E-state index in [1.807, 2.05) is 6.20 Å². The van der Waals surface area contributed by atoms with Gasteiger partial charge in [0.25, 0.3) is 0 Å². The first kappa shape index (κ1) is 12.3. The molecule has 2 heterocycles. The topological polar surface area (TPSA) is 29.0 Å². The van der Waals surface area contributed by atoms with Gasteiger partial charge in [-0.1, -0.05) is 20.8 Å². The second-order valence-electron chi connectivity index (χ2n) is 5.25. The number of rotatable bonds is 3. The average molecular weight is 233 g/mol. The first-order chi connectivity index (χ1) is 8.22. The maximum atomic E-state index is 4.51. The molecule has 94 valence electrons. The van der Waals surface area contributed by atoms with Crippen LogP contribution in [0.2, 0.25) is 0 Å². The standard InChI is InChI=1S/C14H23N3/c1-4-13-14(16-8-7-15-13)17-9-5-12(6-10-17)11(2)3/h7-8,11-12H,4-6,9-10H2,1-3H3. The van der Waals surface area contributed by atoms with E-state index in [9.17, 15) is 0 Å². The van der Waals surface area contributed by atoms with Crippen LogP contribution in [0.4, 0.5) is 5.82 Å². The molecule has 0 spiro atoms. The Balaban J connectivity index is 2.05. The second kappa shape index (κ2) is 5.48. The Labute approximate surface area is 104 Å². The van der Waals surface area contributed by atoms with Gasteiger partial charge in [0, 0.05) is 25.5 Å². The van der Waals surface area contributed by atoms with Crippen molar-refractivity contribution in [2.45, 2.75) is 40.0 Å². The van der Waals surface area contributed by atoms with Gasteiger partial charge in [0.1, 0.15) is 5.82 Å². The lowest BCUT2D eigenvalue weighted by Crippen LogP contribution is -2.36. The third-order valence-corrected chi connectivity index (χ3v) is 3.87. The summed E-state index contributed by atoms with van der Waals surface area (Å²) < 4.78 is 0. The van der Waals surface area contributed by atoms with Crippen molar-refractivity contribution in [1.82, 2.24) is 9.97 Å². The lowest BCUT2D eigenvalue weighted by molar-refractivity contribution is 0.310. The monoisotopic (exact) mass is 233 g/mol. The van der Waals surface area contributed by atoms with E-state index in [1.54, 1.807) is 6.20 Å². The number of hydrogen-bond acceptors (Lipinski definition) is 3. The molecule has 0 atom stereocenters. The van der Waals surface area contributed by atoms with E-state index in [1.165, 1.54) is 12.8 Å². The number of nitrogens with zero attached hydrogens (tertiary/aromatic N) is 3. The van der Waals surface area contributed by atoms with E-state index in [-0.39, 0.29) is 0 Å². The van der Waals surface area contributed by atoms with E-state index in [2.05, 4.69) is 35.6 Å². The molecule has 3 nitrogen and oxygen atoms in total. The predicted octanol–water partition coefficient (Wildman–Crippen LogP) is 2.91. The van der Waals surface area contributed by atoms with E-state index in [4.69, 9.17) is 0 Å². The molecule has 2 rings (SSSR count). The summed E-state index contributed by atoms with van der Waals surface area (Å²) in [6, 6.07) is 0. The highest BCUT2D eigenvalue weighted by Crippen LogP contribution is 2.27. The van der Waals surface area contributed by atoms with Crippen LogP contribution >= 0.6 is 0 Å². The summed E-state index contributed by atoms with van der Waals surface area (Å²) in [6.45, 7) is 9.08. The largest absolute Gasteiger partial charge is 0.355 e. The highest BCUT2D eigenvalue weighted by molar-refractivity contribution is 5.43. The summed E-state index contributed by atoms with van der Waals surface area (Å²) in [4.78, 5) is 11.3. The molecule has 1 aliphatic rings. The Morgan fingerprint density at radius 3 is 2.47 bits per heavy atom. The predicted molar refractivity (Wildman–Crippen MR) is 71.2 cm³/mol. The smallest absolute Gasteiger partial charge is 0.150 e. The third-order valence-electron chi connectivity index (χ3n) is 3.87. The van der Waals surface area contributed by atoms with Crippen LogP contribution in [0.25, 0.3) is 0 Å². The van der Waals surface area contributed by atoms with Crippen LogP contribution in [0.5, 0.6) is 0 Å². The molecule has 1 aromatic rings. The lowest BCUT2D eigenvalue weighted by Gasteiger charge is -2.35. The Morgan fingerprint density at radius 2 is 1.88 bits per heavy atom. The van der Waals surface area contributed by atoms with Gasteiger partial charge in [0.05, 0.1) is 5.69 Å². The molecule has 1 saturated heterocycles. The highest BCUT2D eigenvalue weighted by Gasteiger charge is 2.23. The molecule has 0 N–H and O–H groups in total. The van der Waals surface area contributed by atoms with Crippen molar-refractivity contribution in [3.63, 3.8) is 0 Å². The van der Waals surface area contributed by atoms with Crippen molar-refractivity contribution in [1.29, 1.82) is 0 Å². The van der Waals surface area contributed by atoms with Crippen LogP contribution in [-0.2, 0) is 6.42 Å². The molecule has 0 bridgehead atoms. The van der Waals surface area contributed by atoms with E-state index < -0.39 is 0 Å². The minimum Gasteiger partial charge on any atom is -0.355 e. The van der Waals surface area contributed by atoms with Gasteiger partial charge >= 0.3 is 0 Å². The molecule has 1 fully saturated rings. The van der Waals surface area contributed by atoms with Gasteiger partial charge in [-0.25, -0.2) is 4.98 Å². The third kappa shape index (κ3) is 2.76. The molecule has 3 heteroatoms. The average Bonchev–Trinajstić information content (AvgIpc) is 2.39. The molecule has 0 aromatic carbocycles. The first-order valence-corrected chi connectivity index (χ1v) is 6.77. The molecular formula is C14H23N3. The van der Waals surface area contributed by atoms with Gasteiger partial charge in [-0.05, 0) is 31.1 Å². The SMILES string of the molecule is CCc1nccnc1N1CCC(C(C)C)CC1. The fourth-order valence-electron chi connectivity index (χ4n) is 2.65. The molecule has 1 aromatic heterocycles. The maximum absolute atomic E-state index is 4.51. The number of piperidine rings is 1. The zero-order chi connectivity index (χ0) is 12.3. The van der Waals surface area contributed by atoms with Crippen LogP contribution in [-0.4, -0.2) is 23.1 Å². The molecular weight excluding hydrogens is 210 g/mol. The first-order valence-electron chi connectivity index (χ1n) is 6.77. The maximum Gasteiger partial charge on any atom is 0.150 e.